The van der Waals surface area contributed by atoms with Crippen LogP contribution in [0, 0.1) is 10.8 Å². The lowest BCUT2D eigenvalue weighted by molar-refractivity contribution is -0.175. The van der Waals surface area contributed by atoms with Gasteiger partial charge in [-0.15, -0.1) is 13.2 Å². The highest BCUT2D eigenvalue weighted by Gasteiger charge is 2.83. The maximum Gasteiger partial charge on any atom is 0.248 e. The molecule has 5 aliphatic heterocycles. The van der Waals surface area contributed by atoms with E-state index in [-0.39, 0.29) is 12.8 Å². The number of anilines is 2. The Labute approximate surface area is 233 Å². The lowest BCUT2D eigenvalue weighted by Gasteiger charge is -2.56. The fourth-order valence-electron chi connectivity index (χ4n) is 8.67. The third-order valence-corrected chi connectivity index (χ3v) is 10.7. The van der Waals surface area contributed by atoms with Crippen molar-refractivity contribution in [2.45, 2.75) is 75.3 Å². The van der Waals surface area contributed by atoms with Gasteiger partial charge in [-0.25, -0.2) is 8.78 Å². The van der Waals surface area contributed by atoms with Crippen molar-refractivity contribution in [1.29, 1.82) is 0 Å². The summed E-state index contributed by atoms with van der Waals surface area (Å²) < 4.78 is 35.7. The Morgan fingerprint density at radius 3 is 1.45 bits per heavy atom. The molecular formula is C32H34F2N4O2. The van der Waals surface area contributed by atoms with Crippen molar-refractivity contribution in [3.05, 3.63) is 85.0 Å². The van der Waals surface area contributed by atoms with Crippen LogP contribution in [0.1, 0.15) is 51.7 Å². The molecule has 6 atom stereocenters. The van der Waals surface area contributed by atoms with E-state index in [1.807, 2.05) is 39.8 Å². The van der Waals surface area contributed by atoms with Crippen molar-refractivity contribution in [3.63, 3.8) is 0 Å². The second kappa shape index (κ2) is 7.14. The van der Waals surface area contributed by atoms with Gasteiger partial charge in [-0.2, -0.15) is 0 Å². The minimum absolute atomic E-state index is 0.251. The summed E-state index contributed by atoms with van der Waals surface area (Å²) >= 11 is 0. The number of hydrogen-bond acceptors (Lipinski definition) is 4. The summed E-state index contributed by atoms with van der Waals surface area (Å²) in [6.45, 7) is 15.3. The van der Waals surface area contributed by atoms with Gasteiger partial charge in [-0.05, 0) is 12.1 Å². The monoisotopic (exact) mass is 544 g/mol. The highest BCUT2D eigenvalue weighted by molar-refractivity contribution is 6.02. The summed E-state index contributed by atoms with van der Waals surface area (Å²) in [5.74, 6) is -0.936. The molecule has 0 aromatic heterocycles. The van der Waals surface area contributed by atoms with Crippen LogP contribution in [-0.2, 0) is 20.9 Å². The summed E-state index contributed by atoms with van der Waals surface area (Å²) in [5.41, 5.74) is -7.45. The van der Waals surface area contributed by atoms with Gasteiger partial charge in [-0.3, -0.25) is 9.59 Å². The predicted octanol–water partition coefficient (Wildman–Crippen LogP) is 5.60. The first-order chi connectivity index (χ1) is 18.8. The molecule has 208 valence electrons. The van der Waals surface area contributed by atoms with Gasteiger partial charge in [0.2, 0.25) is 11.8 Å². The van der Waals surface area contributed by atoms with Crippen LogP contribution in [0.25, 0.3) is 0 Å². The van der Waals surface area contributed by atoms with E-state index in [0.29, 0.717) is 22.5 Å². The summed E-state index contributed by atoms with van der Waals surface area (Å²) in [6.07, 6.45) is 2.76. The lowest BCUT2D eigenvalue weighted by atomic mass is 9.69. The van der Waals surface area contributed by atoms with E-state index in [1.165, 1.54) is 9.80 Å². The number of halogens is 2. The van der Waals surface area contributed by atoms with Crippen LogP contribution in [0.4, 0.5) is 20.2 Å². The number of nitrogens with one attached hydrogen (secondary N) is 2. The molecule has 0 aliphatic carbocycles. The molecule has 7 rings (SSSR count). The van der Waals surface area contributed by atoms with E-state index in [2.05, 4.69) is 23.8 Å². The van der Waals surface area contributed by atoms with Gasteiger partial charge in [0.1, 0.15) is 12.1 Å². The minimum Gasteiger partial charge on any atom is -0.359 e. The number of nitrogens with zero attached hydrogens (tertiary/aromatic N) is 2. The van der Waals surface area contributed by atoms with Crippen LogP contribution < -0.4 is 10.6 Å². The first-order valence-corrected chi connectivity index (χ1v) is 13.8. The minimum atomic E-state index is -2.09. The van der Waals surface area contributed by atoms with Crippen LogP contribution in [0.15, 0.2) is 73.8 Å². The van der Waals surface area contributed by atoms with Gasteiger partial charge in [0.05, 0.1) is 0 Å². The predicted molar refractivity (Wildman–Crippen MR) is 150 cm³/mol. The molecule has 0 radical (unpaired) electrons. The Hall–Kier alpha value is -3.68. The molecule has 0 saturated carbocycles. The Bertz CT molecular complexity index is 1420. The number of carbonyl (C=O) groups is 2. The average Bonchev–Trinajstić information content (AvgIpc) is 3.55. The fraction of sp³-hybridized carbons (Fsp3) is 0.438. The zero-order chi connectivity index (χ0) is 28.7. The van der Waals surface area contributed by atoms with Gasteiger partial charge < -0.3 is 20.4 Å². The van der Waals surface area contributed by atoms with Gasteiger partial charge in [-0.1, -0.05) is 76.2 Å². The number of benzene rings is 2. The Morgan fingerprint density at radius 2 is 1.10 bits per heavy atom. The number of amides is 2. The molecule has 2 N–H and O–H groups in total. The van der Waals surface area contributed by atoms with Crippen molar-refractivity contribution in [2.75, 3.05) is 10.6 Å². The molecule has 5 aliphatic rings. The number of para-hydroxylation sites is 2. The van der Waals surface area contributed by atoms with Crippen molar-refractivity contribution >= 4 is 23.2 Å². The van der Waals surface area contributed by atoms with E-state index >= 15 is 8.78 Å². The second-order valence-corrected chi connectivity index (χ2v) is 13.1. The number of rotatable bonds is 4. The number of carbonyl (C=O) groups excluding carboxylic acids is 2. The highest BCUT2D eigenvalue weighted by Crippen LogP contribution is 2.69. The van der Waals surface area contributed by atoms with Gasteiger partial charge in [0.15, 0.2) is 22.7 Å². The normalized spacial score (nSPS) is 37.0. The largest absolute Gasteiger partial charge is 0.359 e. The van der Waals surface area contributed by atoms with E-state index in [4.69, 9.17) is 0 Å². The molecule has 2 amide bonds. The first kappa shape index (κ1) is 25.3. The molecule has 0 spiro atoms. The maximum atomic E-state index is 17.8. The third kappa shape index (κ3) is 2.31. The Morgan fingerprint density at radius 1 is 0.750 bits per heavy atom. The van der Waals surface area contributed by atoms with Crippen molar-refractivity contribution in [3.8, 4) is 0 Å². The molecular weight excluding hydrogens is 510 g/mol. The van der Waals surface area contributed by atoms with Crippen molar-refractivity contribution < 1.29 is 18.4 Å². The smallest absolute Gasteiger partial charge is 0.248 e. The van der Waals surface area contributed by atoms with Gasteiger partial charge in [0, 0.05) is 46.2 Å². The van der Waals surface area contributed by atoms with Crippen molar-refractivity contribution in [1.82, 2.24) is 9.80 Å². The third-order valence-electron chi connectivity index (χ3n) is 10.7. The molecule has 2 aromatic carbocycles. The SMILES string of the molecule is C=CC(C)(C)[C@]12Nc3ccccc3[C@@]1(F)C[C@H]1C(=O)N3[C@@H](C[C@]4(F)c5ccccc5N[C@]34C(C)(C)C=C)C(=O)N12. The molecule has 0 unspecified atom stereocenters. The molecule has 40 heavy (non-hydrogen) atoms. The molecule has 2 aromatic rings. The second-order valence-electron chi connectivity index (χ2n) is 13.1. The fourth-order valence-corrected chi connectivity index (χ4v) is 8.67. The van der Waals surface area contributed by atoms with E-state index in [1.54, 1.807) is 48.6 Å². The summed E-state index contributed by atoms with van der Waals surface area (Å²) in [6, 6.07) is 11.8. The maximum absolute atomic E-state index is 17.8. The summed E-state index contributed by atoms with van der Waals surface area (Å²) in [4.78, 5) is 32.3. The Balaban J connectivity index is 1.46. The molecule has 8 heteroatoms. The number of hydrogen-bond donors (Lipinski definition) is 2. The standard InChI is InChI=1S/C32H34F2N4O2/c1-7-27(3,4)31-29(33,19-13-9-11-15-21(19)35-31)17-23-26(40)38-24(25(39)37(23)31)18-30(34)20-14-10-12-16-22(20)36-32(30,38)28(5,6)8-2/h7-16,23-24,35-36H,1-2,17-18H2,3-6H3/t23-,24-,29-,30-,31+,32+/m0/s1. The zero-order valence-electron chi connectivity index (χ0n) is 23.2. The number of fused-ring (bicyclic) bond motifs is 10. The molecule has 3 fully saturated rings. The molecule has 6 nitrogen and oxygen atoms in total. The molecule has 0 bridgehead atoms. The summed E-state index contributed by atoms with van der Waals surface area (Å²) in [5, 5.41) is 6.72. The van der Waals surface area contributed by atoms with Crippen LogP contribution >= 0.6 is 0 Å². The van der Waals surface area contributed by atoms with Crippen LogP contribution in [-0.4, -0.2) is 45.0 Å². The Kier molecular flexibility index (Phi) is 4.52. The number of piperazine rings is 1. The van der Waals surface area contributed by atoms with E-state index < -0.39 is 57.4 Å². The van der Waals surface area contributed by atoms with Crippen molar-refractivity contribution in [2.24, 2.45) is 10.8 Å². The number of alkyl halides is 2. The van der Waals surface area contributed by atoms with Gasteiger partial charge in [0.25, 0.3) is 0 Å². The zero-order valence-corrected chi connectivity index (χ0v) is 23.2. The van der Waals surface area contributed by atoms with Crippen LogP contribution in [0.3, 0.4) is 0 Å². The quantitative estimate of drug-likeness (QED) is 0.492. The highest BCUT2D eigenvalue weighted by atomic mass is 19.1. The lowest BCUT2D eigenvalue weighted by Crippen LogP contribution is -2.76. The molecule has 3 saturated heterocycles. The van der Waals surface area contributed by atoms with Crippen LogP contribution in [0.5, 0.6) is 0 Å². The van der Waals surface area contributed by atoms with E-state index in [9.17, 15) is 9.59 Å². The van der Waals surface area contributed by atoms with E-state index in [0.717, 1.165) is 0 Å². The average molecular weight is 545 g/mol. The summed E-state index contributed by atoms with van der Waals surface area (Å²) in [7, 11) is 0. The van der Waals surface area contributed by atoms with Crippen LogP contribution in [0.2, 0.25) is 0 Å². The first-order valence-electron chi connectivity index (χ1n) is 13.8. The van der Waals surface area contributed by atoms with Gasteiger partial charge >= 0.3 is 0 Å². The molecule has 5 heterocycles. The topological polar surface area (TPSA) is 64.7 Å².